The fourth-order valence-corrected chi connectivity index (χ4v) is 1.77. The van der Waals surface area contributed by atoms with Gasteiger partial charge in [-0.3, -0.25) is 0 Å². The van der Waals surface area contributed by atoms with Gasteiger partial charge in [-0.1, -0.05) is 0 Å². The standard InChI is InChI=1S/C12H21N5O3/c1-3-13-10-14-11(17-4-6-19-7-5-17)16-12(15-10)20-9-8-18-2/h3-9H2,1-2H3,(H,13,14,15,16). The van der Waals surface area contributed by atoms with Gasteiger partial charge < -0.3 is 24.4 Å². The van der Waals surface area contributed by atoms with E-state index in [4.69, 9.17) is 14.2 Å². The van der Waals surface area contributed by atoms with Crippen molar-refractivity contribution in [3.63, 3.8) is 0 Å². The molecule has 0 aromatic carbocycles. The van der Waals surface area contributed by atoms with E-state index >= 15 is 0 Å². The highest BCUT2D eigenvalue weighted by Gasteiger charge is 2.16. The van der Waals surface area contributed by atoms with Gasteiger partial charge in [-0.2, -0.15) is 15.0 Å². The molecule has 112 valence electrons. The molecule has 0 amide bonds. The molecule has 8 nitrogen and oxygen atoms in total. The van der Waals surface area contributed by atoms with Gasteiger partial charge in [0.05, 0.1) is 19.8 Å². The van der Waals surface area contributed by atoms with Gasteiger partial charge in [0.15, 0.2) is 0 Å². The Balaban J connectivity index is 2.11. The minimum atomic E-state index is 0.314. The summed E-state index contributed by atoms with van der Waals surface area (Å²) < 4.78 is 15.8. The molecule has 0 atom stereocenters. The van der Waals surface area contributed by atoms with E-state index in [0.717, 1.165) is 19.6 Å². The fourth-order valence-electron chi connectivity index (χ4n) is 1.77. The molecule has 1 saturated heterocycles. The van der Waals surface area contributed by atoms with Gasteiger partial charge in [-0.05, 0) is 6.92 Å². The summed E-state index contributed by atoms with van der Waals surface area (Å²) in [5, 5.41) is 3.09. The number of aromatic nitrogens is 3. The van der Waals surface area contributed by atoms with Crippen LogP contribution in [-0.2, 0) is 9.47 Å². The van der Waals surface area contributed by atoms with E-state index in [1.165, 1.54) is 0 Å². The van der Waals surface area contributed by atoms with E-state index < -0.39 is 0 Å². The van der Waals surface area contributed by atoms with Crippen molar-refractivity contribution >= 4 is 11.9 Å². The number of methoxy groups -OCH3 is 1. The van der Waals surface area contributed by atoms with Gasteiger partial charge in [-0.25, -0.2) is 0 Å². The van der Waals surface area contributed by atoms with E-state index in [1.54, 1.807) is 7.11 Å². The third-order valence-corrected chi connectivity index (χ3v) is 2.75. The van der Waals surface area contributed by atoms with Crippen LogP contribution in [0.15, 0.2) is 0 Å². The molecule has 1 N–H and O–H groups in total. The van der Waals surface area contributed by atoms with Crippen molar-refractivity contribution < 1.29 is 14.2 Å². The Morgan fingerprint density at radius 3 is 2.70 bits per heavy atom. The zero-order valence-corrected chi connectivity index (χ0v) is 12.0. The maximum absolute atomic E-state index is 5.48. The highest BCUT2D eigenvalue weighted by Crippen LogP contribution is 2.16. The van der Waals surface area contributed by atoms with E-state index in [-0.39, 0.29) is 0 Å². The Kier molecular flexibility index (Phi) is 5.75. The van der Waals surface area contributed by atoms with Crippen molar-refractivity contribution in [2.24, 2.45) is 0 Å². The quantitative estimate of drug-likeness (QED) is 0.709. The Morgan fingerprint density at radius 1 is 1.20 bits per heavy atom. The molecule has 0 bridgehead atoms. The van der Waals surface area contributed by atoms with Crippen LogP contribution in [-0.4, -0.2) is 68.1 Å². The summed E-state index contributed by atoms with van der Waals surface area (Å²) in [6.07, 6.45) is 0. The summed E-state index contributed by atoms with van der Waals surface area (Å²) in [4.78, 5) is 15.0. The molecule has 0 unspecified atom stereocenters. The molecule has 1 fully saturated rings. The lowest BCUT2D eigenvalue weighted by Crippen LogP contribution is -2.37. The smallest absolute Gasteiger partial charge is 0.323 e. The highest BCUT2D eigenvalue weighted by molar-refractivity contribution is 5.38. The molecular weight excluding hydrogens is 262 g/mol. The summed E-state index contributed by atoms with van der Waals surface area (Å²) in [6, 6.07) is 0.314. The van der Waals surface area contributed by atoms with Crippen molar-refractivity contribution in [3.05, 3.63) is 0 Å². The van der Waals surface area contributed by atoms with Crippen molar-refractivity contribution in [2.75, 3.05) is 63.4 Å². The lowest BCUT2D eigenvalue weighted by atomic mass is 10.4. The summed E-state index contributed by atoms with van der Waals surface area (Å²) >= 11 is 0. The third-order valence-electron chi connectivity index (χ3n) is 2.75. The number of nitrogens with zero attached hydrogens (tertiary/aromatic N) is 4. The molecule has 20 heavy (non-hydrogen) atoms. The first-order valence-electron chi connectivity index (χ1n) is 6.78. The van der Waals surface area contributed by atoms with Crippen molar-refractivity contribution in [1.29, 1.82) is 0 Å². The second-order valence-corrected chi connectivity index (χ2v) is 4.21. The number of nitrogens with one attached hydrogen (secondary N) is 1. The van der Waals surface area contributed by atoms with Gasteiger partial charge >= 0.3 is 6.01 Å². The molecule has 1 aromatic rings. The van der Waals surface area contributed by atoms with Crippen LogP contribution in [0, 0.1) is 0 Å². The molecule has 0 saturated carbocycles. The first kappa shape index (κ1) is 14.7. The fraction of sp³-hybridized carbons (Fsp3) is 0.750. The number of anilines is 2. The second kappa shape index (κ2) is 7.81. The molecule has 0 aliphatic carbocycles. The summed E-state index contributed by atoms with van der Waals surface area (Å²) in [5.41, 5.74) is 0. The molecular formula is C12H21N5O3. The number of hydrogen-bond donors (Lipinski definition) is 1. The third kappa shape index (κ3) is 4.17. The van der Waals surface area contributed by atoms with Crippen LogP contribution in [0.1, 0.15) is 6.92 Å². The first-order valence-corrected chi connectivity index (χ1v) is 6.78. The SMILES string of the molecule is CCNc1nc(OCCOC)nc(N2CCOCC2)n1. The predicted octanol–water partition coefficient (Wildman–Crippen LogP) is 0.165. The number of rotatable bonds is 7. The minimum Gasteiger partial charge on any atom is -0.461 e. The highest BCUT2D eigenvalue weighted by atomic mass is 16.5. The molecule has 1 aliphatic heterocycles. The average Bonchev–Trinajstić information content (AvgIpc) is 2.49. The van der Waals surface area contributed by atoms with Crippen LogP contribution >= 0.6 is 0 Å². The molecule has 1 aromatic heterocycles. The van der Waals surface area contributed by atoms with Crippen LogP contribution in [0.3, 0.4) is 0 Å². The van der Waals surface area contributed by atoms with Crippen LogP contribution < -0.4 is 15.0 Å². The van der Waals surface area contributed by atoms with Gasteiger partial charge in [0.1, 0.15) is 6.61 Å². The van der Waals surface area contributed by atoms with E-state index in [2.05, 4.69) is 25.2 Å². The monoisotopic (exact) mass is 283 g/mol. The normalized spacial score (nSPS) is 15.2. The molecule has 1 aliphatic rings. The van der Waals surface area contributed by atoms with Crippen molar-refractivity contribution in [2.45, 2.75) is 6.92 Å². The lowest BCUT2D eigenvalue weighted by molar-refractivity contribution is 0.121. The topological polar surface area (TPSA) is 81.6 Å². The van der Waals surface area contributed by atoms with Gasteiger partial charge in [-0.15, -0.1) is 0 Å². The van der Waals surface area contributed by atoms with E-state index in [9.17, 15) is 0 Å². The molecule has 0 spiro atoms. The van der Waals surface area contributed by atoms with Crippen molar-refractivity contribution in [3.8, 4) is 6.01 Å². The van der Waals surface area contributed by atoms with Crippen LogP contribution in [0.5, 0.6) is 6.01 Å². The average molecular weight is 283 g/mol. The summed E-state index contributed by atoms with van der Waals surface area (Å²) in [5.74, 6) is 1.14. The Morgan fingerprint density at radius 2 is 2.00 bits per heavy atom. The van der Waals surface area contributed by atoms with Gasteiger partial charge in [0, 0.05) is 26.7 Å². The maximum Gasteiger partial charge on any atom is 0.323 e. The number of morpholine rings is 1. The Bertz CT molecular complexity index is 412. The lowest BCUT2D eigenvalue weighted by Gasteiger charge is -2.26. The largest absolute Gasteiger partial charge is 0.461 e. The minimum absolute atomic E-state index is 0.314. The van der Waals surface area contributed by atoms with Crippen LogP contribution in [0.2, 0.25) is 0 Å². The number of ether oxygens (including phenoxy) is 3. The second-order valence-electron chi connectivity index (χ2n) is 4.21. The molecule has 0 radical (unpaired) electrons. The Labute approximate surface area is 118 Å². The van der Waals surface area contributed by atoms with E-state index in [0.29, 0.717) is 44.3 Å². The van der Waals surface area contributed by atoms with E-state index in [1.807, 2.05) is 6.92 Å². The molecule has 2 heterocycles. The maximum atomic E-state index is 5.48. The summed E-state index contributed by atoms with van der Waals surface area (Å²) in [7, 11) is 1.62. The Hall–Kier alpha value is -1.67. The first-order chi connectivity index (χ1) is 9.83. The zero-order valence-electron chi connectivity index (χ0n) is 12.0. The molecule has 2 rings (SSSR count). The van der Waals surface area contributed by atoms with Crippen molar-refractivity contribution in [1.82, 2.24) is 15.0 Å². The number of hydrogen-bond acceptors (Lipinski definition) is 8. The molecule has 8 heteroatoms. The predicted molar refractivity (Wildman–Crippen MR) is 74.4 cm³/mol. The van der Waals surface area contributed by atoms with Crippen LogP contribution in [0.25, 0.3) is 0 Å². The summed E-state index contributed by atoms with van der Waals surface area (Å²) in [6.45, 7) is 6.54. The zero-order chi connectivity index (χ0) is 14.2. The van der Waals surface area contributed by atoms with Crippen LogP contribution in [0.4, 0.5) is 11.9 Å². The van der Waals surface area contributed by atoms with Gasteiger partial charge in [0.2, 0.25) is 11.9 Å². The van der Waals surface area contributed by atoms with Gasteiger partial charge in [0.25, 0.3) is 0 Å².